The molecule has 2 aromatic rings. The molecule has 2 aromatic carbocycles. The molecular formula is C17H17FO3. The Morgan fingerprint density at radius 3 is 2.14 bits per heavy atom. The summed E-state index contributed by atoms with van der Waals surface area (Å²) in [6.07, 6.45) is 0.790. The summed E-state index contributed by atoms with van der Waals surface area (Å²) >= 11 is 0. The van der Waals surface area contributed by atoms with Crippen molar-refractivity contribution in [1.29, 1.82) is 0 Å². The molecule has 0 atom stereocenters. The minimum Gasteiger partial charge on any atom is -0.482 e. The van der Waals surface area contributed by atoms with Crippen LogP contribution >= 0.6 is 0 Å². The number of halogens is 1. The number of esters is 1. The molecule has 0 aliphatic rings. The molecule has 0 amide bonds. The van der Waals surface area contributed by atoms with Crippen molar-refractivity contribution in [3.8, 4) is 16.9 Å². The summed E-state index contributed by atoms with van der Waals surface area (Å²) in [5.41, 5.74) is 1.88. The summed E-state index contributed by atoms with van der Waals surface area (Å²) in [6.45, 7) is 2.24. The van der Waals surface area contributed by atoms with Crippen LogP contribution in [0.25, 0.3) is 11.1 Å². The predicted molar refractivity (Wildman–Crippen MR) is 78.6 cm³/mol. The van der Waals surface area contributed by atoms with E-state index in [-0.39, 0.29) is 18.4 Å². The molecule has 0 unspecified atom stereocenters. The van der Waals surface area contributed by atoms with Crippen LogP contribution in [0.4, 0.5) is 4.39 Å². The van der Waals surface area contributed by atoms with Crippen molar-refractivity contribution in [2.45, 2.75) is 13.3 Å². The molecule has 0 aliphatic carbocycles. The third kappa shape index (κ3) is 4.60. The van der Waals surface area contributed by atoms with E-state index in [2.05, 4.69) is 0 Å². The van der Waals surface area contributed by atoms with Gasteiger partial charge in [-0.25, -0.2) is 9.18 Å². The minimum atomic E-state index is -0.375. The molecule has 21 heavy (non-hydrogen) atoms. The van der Waals surface area contributed by atoms with E-state index in [1.54, 1.807) is 24.3 Å². The molecule has 0 aliphatic heterocycles. The highest BCUT2D eigenvalue weighted by atomic mass is 19.1. The number of ether oxygens (including phenoxy) is 2. The first-order valence-corrected chi connectivity index (χ1v) is 6.83. The van der Waals surface area contributed by atoms with Gasteiger partial charge in [-0.1, -0.05) is 31.2 Å². The van der Waals surface area contributed by atoms with Crippen molar-refractivity contribution >= 4 is 5.97 Å². The van der Waals surface area contributed by atoms with Gasteiger partial charge in [0.1, 0.15) is 11.6 Å². The van der Waals surface area contributed by atoms with Gasteiger partial charge in [0.15, 0.2) is 6.61 Å². The van der Waals surface area contributed by atoms with Crippen LogP contribution in [0, 0.1) is 5.82 Å². The largest absolute Gasteiger partial charge is 0.482 e. The zero-order valence-corrected chi connectivity index (χ0v) is 11.8. The smallest absolute Gasteiger partial charge is 0.344 e. The third-order valence-corrected chi connectivity index (χ3v) is 2.86. The van der Waals surface area contributed by atoms with Crippen molar-refractivity contribution in [2.75, 3.05) is 13.2 Å². The van der Waals surface area contributed by atoms with Crippen LogP contribution in [-0.2, 0) is 9.53 Å². The first-order valence-electron chi connectivity index (χ1n) is 6.83. The van der Waals surface area contributed by atoms with Crippen LogP contribution in [0.1, 0.15) is 13.3 Å². The lowest BCUT2D eigenvalue weighted by Gasteiger charge is -2.07. The van der Waals surface area contributed by atoms with Gasteiger partial charge in [-0.2, -0.15) is 0 Å². The summed E-state index contributed by atoms with van der Waals surface area (Å²) in [6, 6.07) is 13.5. The Kier molecular flexibility index (Phi) is 5.32. The average molecular weight is 288 g/mol. The van der Waals surface area contributed by atoms with Crippen molar-refractivity contribution in [3.63, 3.8) is 0 Å². The van der Waals surface area contributed by atoms with E-state index in [4.69, 9.17) is 9.47 Å². The van der Waals surface area contributed by atoms with Crippen molar-refractivity contribution < 1.29 is 18.7 Å². The fourth-order valence-electron chi connectivity index (χ4n) is 1.79. The van der Waals surface area contributed by atoms with Crippen LogP contribution < -0.4 is 4.74 Å². The lowest BCUT2D eigenvalue weighted by atomic mass is 10.1. The fraction of sp³-hybridized carbons (Fsp3) is 0.235. The Balaban J connectivity index is 1.93. The van der Waals surface area contributed by atoms with E-state index in [1.165, 1.54) is 12.1 Å². The van der Waals surface area contributed by atoms with E-state index in [9.17, 15) is 9.18 Å². The molecule has 0 aromatic heterocycles. The Bertz CT molecular complexity index is 576. The Hall–Kier alpha value is -2.36. The standard InChI is InChI=1S/C17H17FO3/c1-2-11-20-17(19)12-21-16-9-5-14(6-10-16)13-3-7-15(18)8-4-13/h3-10H,2,11-12H2,1H3. The van der Waals surface area contributed by atoms with Gasteiger partial charge in [-0.05, 0) is 41.8 Å². The summed E-state index contributed by atoms with van der Waals surface area (Å²) in [5, 5.41) is 0. The number of rotatable bonds is 6. The first kappa shape index (κ1) is 15.0. The van der Waals surface area contributed by atoms with Gasteiger partial charge in [0.05, 0.1) is 6.61 Å². The van der Waals surface area contributed by atoms with Gasteiger partial charge in [0, 0.05) is 0 Å². The van der Waals surface area contributed by atoms with Crippen LogP contribution in [-0.4, -0.2) is 19.2 Å². The number of hydrogen-bond acceptors (Lipinski definition) is 3. The molecule has 3 nitrogen and oxygen atoms in total. The Morgan fingerprint density at radius 1 is 1.00 bits per heavy atom. The number of hydrogen-bond donors (Lipinski definition) is 0. The SMILES string of the molecule is CCCOC(=O)COc1ccc(-c2ccc(F)cc2)cc1. The summed E-state index contributed by atoms with van der Waals surface area (Å²) in [4.78, 5) is 11.3. The molecule has 0 N–H and O–H groups in total. The summed E-state index contributed by atoms with van der Waals surface area (Å²) < 4.78 is 23.1. The molecule has 0 saturated carbocycles. The fourth-order valence-corrected chi connectivity index (χ4v) is 1.79. The number of carbonyl (C=O) groups excluding carboxylic acids is 1. The molecule has 110 valence electrons. The van der Waals surface area contributed by atoms with E-state index in [0.717, 1.165) is 17.5 Å². The normalized spacial score (nSPS) is 10.2. The summed E-state index contributed by atoms with van der Waals surface area (Å²) in [7, 11) is 0. The summed E-state index contributed by atoms with van der Waals surface area (Å²) in [5.74, 6) is -0.0435. The molecule has 0 fully saturated rings. The van der Waals surface area contributed by atoms with E-state index >= 15 is 0 Å². The first-order chi connectivity index (χ1) is 10.2. The van der Waals surface area contributed by atoms with Gasteiger partial charge >= 0.3 is 5.97 Å². The van der Waals surface area contributed by atoms with Crippen molar-refractivity contribution in [3.05, 3.63) is 54.3 Å². The van der Waals surface area contributed by atoms with Crippen LogP contribution in [0.15, 0.2) is 48.5 Å². The Labute approximate surface area is 123 Å². The highest BCUT2D eigenvalue weighted by Crippen LogP contribution is 2.22. The molecule has 0 bridgehead atoms. The number of benzene rings is 2. The minimum absolute atomic E-state index is 0.101. The molecule has 0 radical (unpaired) electrons. The molecule has 0 spiro atoms. The quantitative estimate of drug-likeness (QED) is 0.758. The van der Waals surface area contributed by atoms with Crippen molar-refractivity contribution in [1.82, 2.24) is 0 Å². The maximum absolute atomic E-state index is 12.9. The van der Waals surface area contributed by atoms with E-state index < -0.39 is 0 Å². The molecule has 4 heteroatoms. The van der Waals surface area contributed by atoms with Crippen LogP contribution in [0.5, 0.6) is 5.75 Å². The van der Waals surface area contributed by atoms with Gasteiger partial charge in [0.2, 0.25) is 0 Å². The lowest BCUT2D eigenvalue weighted by Crippen LogP contribution is -2.15. The van der Waals surface area contributed by atoms with Crippen LogP contribution in [0.2, 0.25) is 0 Å². The zero-order valence-electron chi connectivity index (χ0n) is 11.8. The zero-order chi connectivity index (χ0) is 15.1. The number of carbonyl (C=O) groups is 1. The highest BCUT2D eigenvalue weighted by molar-refractivity contribution is 5.71. The molecular weight excluding hydrogens is 271 g/mol. The maximum Gasteiger partial charge on any atom is 0.344 e. The van der Waals surface area contributed by atoms with Gasteiger partial charge in [-0.3, -0.25) is 0 Å². The highest BCUT2D eigenvalue weighted by Gasteiger charge is 2.04. The average Bonchev–Trinajstić information content (AvgIpc) is 2.52. The van der Waals surface area contributed by atoms with E-state index in [1.807, 2.05) is 19.1 Å². The maximum atomic E-state index is 12.9. The molecule has 0 saturated heterocycles. The second-order valence-corrected chi connectivity index (χ2v) is 4.54. The third-order valence-electron chi connectivity index (χ3n) is 2.86. The topological polar surface area (TPSA) is 35.5 Å². The van der Waals surface area contributed by atoms with Gasteiger partial charge in [0.25, 0.3) is 0 Å². The molecule has 0 heterocycles. The van der Waals surface area contributed by atoms with Crippen molar-refractivity contribution in [2.24, 2.45) is 0 Å². The second-order valence-electron chi connectivity index (χ2n) is 4.54. The van der Waals surface area contributed by atoms with Crippen LogP contribution in [0.3, 0.4) is 0 Å². The van der Waals surface area contributed by atoms with Gasteiger partial charge < -0.3 is 9.47 Å². The second kappa shape index (κ2) is 7.43. The van der Waals surface area contributed by atoms with Gasteiger partial charge in [-0.15, -0.1) is 0 Å². The molecule has 2 rings (SSSR count). The van der Waals surface area contributed by atoms with E-state index in [0.29, 0.717) is 12.4 Å². The lowest BCUT2D eigenvalue weighted by molar-refractivity contribution is -0.146. The Morgan fingerprint density at radius 2 is 1.57 bits per heavy atom. The monoisotopic (exact) mass is 288 g/mol. The predicted octanol–water partition coefficient (Wildman–Crippen LogP) is 3.82.